The zero-order valence-electron chi connectivity index (χ0n) is 16.5. The van der Waals surface area contributed by atoms with E-state index in [1.165, 1.54) is 11.6 Å². The molecule has 0 N–H and O–H groups in total. The Kier molecular flexibility index (Phi) is 5.83. The van der Waals surface area contributed by atoms with Crippen LogP contribution in [0.15, 0.2) is 54.6 Å². The Hall–Kier alpha value is -3.49. The van der Waals surface area contributed by atoms with Crippen LogP contribution in [0.5, 0.6) is 5.75 Å². The topological polar surface area (TPSA) is 9.23 Å². The molecule has 0 aliphatic heterocycles. The standard InChI is InChI=1S/C26H21FO/c1-18-5-8-21(9-6-18)13-14-24-20(3)15-23(17-26(24)28-4)12-11-22-10-7-19(2)25(27)16-22/h5-10,15-17H,1-4H3. The smallest absolute Gasteiger partial charge is 0.136 e. The van der Waals surface area contributed by atoms with Crippen LogP contribution in [0.25, 0.3) is 0 Å². The maximum absolute atomic E-state index is 13.7. The summed E-state index contributed by atoms with van der Waals surface area (Å²) < 4.78 is 19.2. The Balaban J connectivity index is 1.93. The number of methoxy groups -OCH3 is 1. The van der Waals surface area contributed by atoms with Crippen molar-refractivity contribution in [1.29, 1.82) is 0 Å². The molecule has 1 nitrogen and oxygen atoms in total. The average Bonchev–Trinajstić information content (AvgIpc) is 2.69. The summed E-state index contributed by atoms with van der Waals surface area (Å²) >= 11 is 0. The van der Waals surface area contributed by atoms with Gasteiger partial charge in [-0.25, -0.2) is 4.39 Å². The average molecular weight is 368 g/mol. The molecule has 3 rings (SSSR count). The second-order valence-corrected chi connectivity index (χ2v) is 6.70. The van der Waals surface area contributed by atoms with E-state index in [1.54, 1.807) is 20.1 Å². The number of benzene rings is 3. The van der Waals surface area contributed by atoms with E-state index in [-0.39, 0.29) is 5.82 Å². The fraction of sp³-hybridized carbons (Fsp3) is 0.154. The highest BCUT2D eigenvalue weighted by Crippen LogP contribution is 2.23. The molecule has 3 aromatic carbocycles. The fourth-order valence-electron chi connectivity index (χ4n) is 2.73. The highest BCUT2D eigenvalue weighted by atomic mass is 19.1. The quantitative estimate of drug-likeness (QED) is 0.511. The molecule has 3 aromatic rings. The lowest BCUT2D eigenvalue weighted by Crippen LogP contribution is -1.93. The number of hydrogen-bond acceptors (Lipinski definition) is 1. The van der Waals surface area contributed by atoms with Crippen LogP contribution < -0.4 is 4.74 Å². The molecule has 0 bridgehead atoms. The van der Waals surface area contributed by atoms with Gasteiger partial charge in [0.05, 0.1) is 12.7 Å². The fourth-order valence-corrected chi connectivity index (χ4v) is 2.73. The Morgan fingerprint density at radius 1 is 0.679 bits per heavy atom. The van der Waals surface area contributed by atoms with Crippen molar-refractivity contribution in [1.82, 2.24) is 0 Å². The van der Waals surface area contributed by atoms with Crippen LogP contribution >= 0.6 is 0 Å². The van der Waals surface area contributed by atoms with Gasteiger partial charge in [-0.1, -0.05) is 47.4 Å². The summed E-state index contributed by atoms with van der Waals surface area (Å²) in [5.41, 5.74) is 6.04. The summed E-state index contributed by atoms with van der Waals surface area (Å²) in [6, 6.07) is 16.9. The van der Waals surface area contributed by atoms with Crippen LogP contribution in [0, 0.1) is 50.3 Å². The van der Waals surface area contributed by atoms with Gasteiger partial charge in [-0.05, 0) is 68.3 Å². The monoisotopic (exact) mass is 368 g/mol. The van der Waals surface area contributed by atoms with Gasteiger partial charge in [-0.15, -0.1) is 0 Å². The van der Waals surface area contributed by atoms with Gasteiger partial charge in [0, 0.05) is 16.7 Å². The maximum Gasteiger partial charge on any atom is 0.136 e. The van der Waals surface area contributed by atoms with Crippen LogP contribution in [-0.2, 0) is 0 Å². The first-order valence-electron chi connectivity index (χ1n) is 9.02. The lowest BCUT2D eigenvalue weighted by atomic mass is 10.0. The molecule has 0 aliphatic rings. The van der Waals surface area contributed by atoms with E-state index in [4.69, 9.17) is 4.74 Å². The number of rotatable bonds is 1. The molecule has 0 aromatic heterocycles. The van der Waals surface area contributed by atoms with Gasteiger partial charge < -0.3 is 4.74 Å². The normalized spacial score (nSPS) is 9.75. The van der Waals surface area contributed by atoms with Gasteiger partial charge in [0.15, 0.2) is 0 Å². The zero-order valence-corrected chi connectivity index (χ0v) is 16.5. The summed E-state index contributed by atoms with van der Waals surface area (Å²) in [4.78, 5) is 0. The van der Waals surface area contributed by atoms with E-state index < -0.39 is 0 Å². The second kappa shape index (κ2) is 8.47. The molecule has 0 spiro atoms. The molecule has 0 radical (unpaired) electrons. The molecule has 0 heterocycles. The molecule has 0 aliphatic carbocycles. The molecule has 0 atom stereocenters. The predicted molar refractivity (Wildman–Crippen MR) is 112 cm³/mol. The Morgan fingerprint density at radius 3 is 2.00 bits per heavy atom. The number of hydrogen-bond donors (Lipinski definition) is 0. The van der Waals surface area contributed by atoms with Crippen molar-refractivity contribution in [3.8, 4) is 29.4 Å². The Bertz CT molecular complexity index is 1130. The van der Waals surface area contributed by atoms with Gasteiger partial charge in [0.1, 0.15) is 11.6 Å². The van der Waals surface area contributed by atoms with E-state index in [0.29, 0.717) is 16.9 Å². The molecule has 0 fully saturated rings. The van der Waals surface area contributed by atoms with E-state index in [0.717, 1.165) is 22.3 Å². The SMILES string of the molecule is COc1cc(C#Cc2ccc(C)c(F)c2)cc(C)c1C#Cc1ccc(C)cc1. The zero-order chi connectivity index (χ0) is 20.1. The second-order valence-electron chi connectivity index (χ2n) is 6.70. The molecule has 0 saturated heterocycles. The van der Waals surface area contributed by atoms with Crippen molar-refractivity contribution in [2.24, 2.45) is 0 Å². The lowest BCUT2D eigenvalue weighted by molar-refractivity contribution is 0.413. The van der Waals surface area contributed by atoms with Crippen molar-refractivity contribution in [3.63, 3.8) is 0 Å². The van der Waals surface area contributed by atoms with E-state index >= 15 is 0 Å². The number of halogens is 1. The number of ether oxygens (including phenoxy) is 1. The maximum atomic E-state index is 13.7. The van der Waals surface area contributed by atoms with Crippen LogP contribution in [0.1, 0.15) is 38.9 Å². The highest BCUT2D eigenvalue weighted by Gasteiger charge is 2.06. The van der Waals surface area contributed by atoms with Crippen molar-refractivity contribution in [2.75, 3.05) is 7.11 Å². The molecular formula is C26H21FO. The third kappa shape index (κ3) is 4.61. The lowest BCUT2D eigenvalue weighted by Gasteiger charge is -2.07. The van der Waals surface area contributed by atoms with Crippen LogP contribution in [-0.4, -0.2) is 7.11 Å². The summed E-state index contributed by atoms with van der Waals surface area (Å²) in [5.74, 6) is 12.9. The van der Waals surface area contributed by atoms with Gasteiger partial charge >= 0.3 is 0 Å². The van der Waals surface area contributed by atoms with Gasteiger partial charge in [0.2, 0.25) is 0 Å². The third-order valence-electron chi connectivity index (χ3n) is 4.43. The molecule has 2 heteroatoms. The van der Waals surface area contributed by atoms with Crippen LogP contribution in [0.4, 0.5) is 4.39 Å². The third-order valence-corrected chi connectivity index (χ3v) is 4.43. The van der Waals surface area contributed by atoms with Gasteiger partial charge in [0.25, 0.3) is 0 Å². The largest absolute Gasteiger partial charge is 0.495 e. The molecule has 0 unspecified atom stereocenters. The van der Waals surface area contributed by atoms with Gasteiger partial charge in [-0.3, -0.25) is 0 Å². The van der Waals surface area contributed by atoms with Crippen LogP contribution in [0.3, 0.4) is 0 Å². The molecule has 28 heavy (non-hydrogen) atoms. The highest BCUT2D eigenvalue weighted by molar-refractivity contribution is 5.58. The summed E-state index contributed by atoms with van der Waals surface area (Å²) in [5, 5.41) is 0. The van der Waals surface area contributed by atoms with Crippen molar-refractivity contribution in [3.05, 3.63) is 99.4 Å². The summed E-state index contributed by atoms with van der Waals surface area (Å²) in [6.45, 7) is 5.77. The van der Waals surface area contributed by atoms with E-state index in [2.05, 4.69) is 30.6 Å². The first-order valence-corrected chi connectivity index (χ1v) is 9.02. The van der Waals surface area contributed by atoms with Crippen molar-refractivity contribution in [2.45, 2.75) is 20.8 Å². The van der Waals surface area contributed by atoms with Crippen molar-refractivity contribution >= 4 is 0 Å². The van der Waals surface area contributed by atoms with Crippen LogP contribution in [0.2, 0.25) is 0 Å². The summed E-state index contributed by atoms with van der Waals surface area (Å²) in [7, 11) is 1.62. The molecule has 0 amide bonds. The summed E-state index contributed by atoms with van der Waals surface area (Å²) in [6.07, 6.45) is 0. The first kappa shape index (κ1) is 19.3. The minimum atomic E-state index is -0.248. The number of aryl methyl sites for hydroxylation is 3. The minimum Gasteiger partial charge on any atom is -0.495 e. The van der Waals surface area contributed by atoms with E-state index in [1.807, 2.05) is 49.4 Å². The minimum absolute atomic E-state index is 0.248. The predicted octanol–water partition coefficient (Wildman–Crippen LogP) is 5.56. The molecule has 138 valence electrons. The van der Waals surface area contributed by atoms with Gasteiger partial charge in [-0.2, -0.15) is 0 Å². The van der Waals surface area contributed by atoms with E-state index in [9.17, 15) is 4.39 Å². The molecular weight excluding hydrogens is 347 g/mol. The molecule has 0 saturated carbocycles. The Labute approximate surface area is 166 Å². The van der Waals surface area contributed by atoms with Crippen molar-refractivity contribution < 1.29 is 9.13 Å². The Morgan fingerprint density at radius 2 is 1.32 bits per heavy atom. The first-order chi connectivity index (χ1) is 13.5.